The molecule has 0 spiro atoms. The van der Waals surface area contributed by atoms with Gasteiger partial charge in [-0.15, -0.1) is 11.3 Å². The van der Waals surface area contributed by atoms with E-state index in [4.69, 9.17) is 5.73 Å². The minimum absolute atomic E-state index is 0.00580. The summed E-state index contributed by atoms with van der Waals surface area (Å²) in [5, 5.41) is 4.89. The first-order valence-corrected chi connectivity index (χ1v) is 6.52. The van der Waals surface area contributed by atoms with Crippen molar-refractivity contribution in [2.24, 2.45) is 11.7 Å². The molecule has 1 unspecified atom stereocenters. The summed E-state index contributed by atoms with van der Waals surface area (Å²) in [5.41, 5.74) is 5.40. The molecular weight excluding hydrogens is 276 g/mol. The second kappa shape index (κ2) is 6.25. The van der Waals surface area contributed by atoms with Crippen molar-refractivity contribution in [1.29, 1.82) is 0 Å². The second-order valence-corrected chi connectivity index (χ2v) is 5.24. The van der Waals surface area contributed by atoms with Crippen LogP contribution in [0.3, 0.4) is 0 Å². The van der Waals surface area contributed by atoms with E-state index in [1.54, 1.807) is 11.3 Å². The van der Waals surface area contributed by atoms with E-state index in [1.165, 1.54) is 0 Å². The van der Waals surface area contributed by atoms with Crippen LogP contribution in [0.25, 0.3) is 0 Å². The number of nitrogens with one attached hydrogen (secondary N) is 1. The lowest BCUT2D eigenvalue weighted by atomic mass is 10.1. The van der Waals surface area contributed by atoms with Gasteiger partial charge in [-0.25, -0.2) is 0 Å². The zero-order chi connectivity index (χ0) is 11.3. The van der Waals surface area contributed by atoms with E-state index in [1.807, 2.05) is 18.4 Å². The molecule has 0 fully saturated rings. The van der Waals surface area contributed by atoms with Crippen LogP contribution in [0.4, 0.5) is 0 Å². The van der Waals surface area contributed by atoms with Crippen LogP contribution in [0.15, 0.2) is 15.9 Å². The standard InChI is InChI=1S/C10H15BrN2OS/c1-7(2-4-12)10(14)13-6-9-8(11)3-5-15-9/h3,5,7H,2,4,6,12H2,1H3,(H,13,14). The van der Waals surface area contributed by atoms with Gasteiger partial charge >= 0.3 is 0 Å². The molecular formula is C10H15BrN2OS. The zero-order valence-corrected chi connectivity index (χ0v) is 11.0. The molecule has 3 nitrogen and oxygen atoms in total. The average molecular weight is 291 g/mol. The van der Waals surface area contributed by atoms with E-state index < -0.39 is 0 Å². The van der Waals surface area contributed by atoms with Crippen LogP contribution >= 0.6 is 27.3 Å². The van der Waals surface area contributed by atoms with Gasteiger partial charge in [0, 0.05) is 15.3 Å². The molecule has 0 aliphatic rings. The summed E-state index contributed by atoms with van der Waals surface area (Å²) in [7, 11) is 0. The summed E-state index contributed by atoms with van der Waals surface area (Å²) in [4.78, 5) is 12.7. The van der Waals surface area contributed by atoms with E-state index in [-0.39, 0.29) is 11.8 Å². The van der Waals surface area contributed by atoms with E-state index in [9.17, 15) is 4.79 Å². The van der Waals surface area contributed by atoms with Crippen LogP contribution in [-0.2, 0) is 11.3 Å². The first kappa shape index (κ1) is 12.7. The zero-order valence-electron chi connectivity index (χ0n) is 8.63. The number of carbonyl (C=O) groups excluding carboxylic acids is 1. The maximum absolute atomic E-state index is 11.6. The van der Waals surface area contributed by atoms with Crippen LogP contribution in [0.5, 0.6) is 0 Å². The number of nitrogens with two attached hydrogens (primary N) is 1. The van der Waals surface area contributed by atoms with Gasteiger partial charge in [-0.05, 0) is 40.3 Å². The summed E-state index contributed by atoms with van der Waals surface area (Å²) < 4.78 is 1.05. The maximum atomic E-state index is 11.6. The Kier molecular flexibility index (Phi) is 5.28. The molecule has 1 heterocycles. The van der Waals surface area contributed by atoms with Gasteiger partial charge in [-0.3, -0.25) is 4.79 Å². The summed E-state index contributed by atoms with van der Waals surface area (Å²) in [6.07, 6.45) is 0.734. The van der Waals surface area contributed by atoms with Crippen LogP contribution in [0, 0.1) is 5.92 Å². The van der Waals surface area contributed by atoms with Crippen LogP contribution < -0.4 is 11.1 Å². The number of hydrogen-bond donors (Lipinski definition) is 2. The minimum Gasteiger partial charge on any atom is -0.351 e. The number of amides is 1. The monoisotopic (exact) mass is 290 g/mol. The predicted molar refractivity (Wildman–Crippen MR) is 66.7 cm³/mol. The lowest BCUT2D eigenvalue weighted by Crippen LogP contribution is -2.29. The average Bonchev–Trinajstić information content (AvgIpc) is 2.61. The Balaban J connectivity index is 2.37. The van der Waals surface area contributed by atoms with Crippen molar-refractivity contribution >= 4 is 33.2 Å². The van der Waals surface area contributed by atoms with Gasteiger partial charge in [0.1, 0.15) is 0 Å². The normalized spacial score (nSPS) is 12.5. The molecule has 0 radical (unpaired) electrons. The van der Waals surface area contributed by atoms with Gasteiger partial charge in [-0.2, -0.15) is 0 Å². The first-order chi connectivity index (χ1) is 7.15. The van der Waals surface area contributed by atoms with Crippen molar-refractivity contribution in [3.63, 3.8) is 0 Å². The van der Waals surface area contributed by atoms with E-state index in [0.29, 0.717) is 13.1 Å². The van der Waals surface area contributed by atoms with Crippen molar-refractivity contribution in [1.82, 2.24) is 5.32 Å². The van der Waals surface area contributed by atoms with Crippen molar-refractivity contribution in [3.05, 3.63) is 20.8 Å². The molecule has 5 heteroatoms. The smallest absolute Gasteiger partial charge is 0.223 e. The van der Waals surface area contributed by atoms with Gasteiger partial charge in [0.2, 0.25) is 5.91 Å². The Morgan fingerprint density at radius 1 is 1.73 bits per heavy atom. The fourth-order valence-electron chi connectivity index (χ4n) is 1.17. The number of thiophene rings is 1. The highest BCUT2D eigenvalue weighted by Gasteiger charge is 2.11. The van der Waals surface area contributed by atoms with Gasteiger partial charge in [0.25, 0.3) is 0 Å². The van der Waals surface area contributed by atoms with E-state index >= 15 is 0 Å². The van der Waals surface area contributed by atoms with Crippen molar-refractivity contribution in [3.8, 4) is 0 Å². The molecule has 0 saturated heterocycles. The number of hydrogen-bond acceptors (Lipinski definition) is 3. The molecule has 0 aliphatic heterocycles. The van der Waals surface area contributed by atoms with E-state index in [0.717, 1.165) is 15.8 Å². The molecule has 1 aromatic rings. The molecule has 84 valence electrons. The lowest BCUT2D eigenvalue weighted by molar-refractivity contribution is -0.124. The Morgan fingerprint density at radius 3 is 3.00 bits per heavy atom. The molecule has 1 atom stereocenters. The molecule has 0 aliphatic carbocycles. The van der Waals surface area contributed by atoms with Crippen molar-refractivity contribution in [2.75, 3.05) is 6.54 Å². The maximum Gasteiger partial charge on any atom is 0.223 e. The second-order valence-electron chi connectivity index (χ2n) is 3.39. The van der Waals surface area contributed by atoms with Gasteiger partial charge in [0.15, 0.2) is 0 Å². The quantitative estimate of drug-likeness (QED) is 0.873. The van der Waals surface area contributed by atoms with Gasteiger partial charge in [0.05, 0.1) is 6.54 Å². The topological polar surface area (TPSA) is 55.1 Å². The molecule has 1 aromatic heterocycles. The highest BCUT2D eigenvalue weighted by molar-refractivity contribution is 9.10. The Labute approximate surface area is 102 Å². The lowest BCUT2D eigenvalue weighted by Gasteiger charge is -2.10. The van der Waals surface area contributed by atoms with Crippen molar-refractivity contribution < 1.29 is 4.79 Å². The Morgan fingerprint density at radius 2 is 2.47 bits per heavy atom. The van der Waals surface area contributed by atoms with Gasteiger partial charge < -0.3 is 11.1 Å². The summed E-state index contributed by atoms with van der Waals surface area (Å²) in [6.45, 7) is 3.04. The summed E-state index contributed by atoms with van der Waals surface area (Å²) in [5.74, 6) is 0.0643. The molecule has 1 amide bonds. The number of rotatable bonds is 5. The fourth-order valence-corrected chi connectivity index (χ4v) is 2.61. The molecule has 0 saturated carbocycles. The molecule has 0 bridgehead atoms. The minimum atomic E-state index is -0.00580. The highest BCUT2D eigenvalue weighted by Crippen LogP contribution is 2.22. The third-order valence-electron chi connectivity index (χ3n) is 2.16. The summed E-state index contributed by atoms with van der Waals surface area (Å²) >= 11 is 5.05. The molecule has 3 N–H and O–H groups in total. The van der Waals surface area contributed by atoms with Crippen molar-refractivity contribution in [2.45, 2.75) is 19.9 Å². The highest BCUT2D eigenvalue weighted by atomic mass is 79.9. The Bertz CT molecular complexity index is 327. The number of halogens is 1. The largest absolute Gasteiger partial charge is 0.351 e. The van der Waals surface area contributed by atoms with Gasteiger partial charge in [-0.1, -0.05) is 6.92 Å². The number of carbonyl (C=O) groups is 1. The third-order valence-corrected chi connectivity index (χ3v) is 4.09. The predicted octanol–water partition coefficient (Wildman–Crippen LogP) is 2.11. The fraction of sp³-hybridized carbons (Fsp3) is 0.500. The van der Waals surface area contributed by atoms with Crippen LogP contribution in [0.2, 0.25) is 0 Å². The van der Waals surface area contributed by atoms with Crippen LogP contribution in [-0.4, -0.2) is 12.5 Å². The molecule has 0 aromatic carbocycles. The Hall–Kier alpha value is -0.390. The molecule has 15 heavy (non-hydrogen) atoms. The van der Waals surface area contributed by atoms with E-state index in [2.05, 4.69) is 21.2 Å². The molecule has 1 rings (SSSR count). The first-order valence-electron chi connectivity index (χ1n) is 4.84. The SMILES string of the molecule is CC(CCN)C(=O)NCc1sccc1Br. The summed E-state index contributed by atoms with van der Waals surface area (Å²) in [6, 6.07) is 1.98. The van der Waals surface area contributed by atoms with Crippen LogP contribution in [0.1, 0.15) is 18.2 Å². The third kappa shape index (κ3) is 3.93.